The quantitative estimate of drug-likeness (QED) is 0.230. The van der Waals surface area contributed by atoms with Gasteiger partial charge in [-0.25, -0.2) is 0 Å². The number of rotatable bonds is 6. The lowest BCUT2D eigenvalue weighted by molar-refractivity contribution is 0.755. The Morgan fingerprint density at radius 3 is 2.90 bits per heavy atom. The van der Waals surface area contributed by atoms with Gasteiger partial charge in [0.25, 0.3) is 0 Å². The van der Waals surface area contributed by atoms with Gasteiger partial charge in [-0.05, 0) is 24.5 Å². The minimum atomic E-state index is 0. The molecule has 0 aliphatic carbocycles. The predicted octanol–water partition coefficient (Wildman–Crippen LogP) is 3.07. The average Bonchev–Trinajstić information content (AvgIpc) is 2.90. The molecule has 114 valence electrons. The minimum absolute atomic E-state index is 0. The second-order valence-corrected chi connectivity index (χ2v) is 4.63. The van der Waals surface area contributed by atoms with Crippen LogP contribution in [0.15, 0.2) is 48.1 Å². The maximum atomic E-state index is 4.15. The molecule has 0 radical (unpaired) electrons. The molecule has 0 bridgehead atoms. The molecule has 0 fully saturated rings. The molecule has 0 saturated heterocycles. The van der Waals surface area contributed by atoms with Gasteiger partial charge in [-0.15, -0.1) is 30.6 Å². The van der Waals surface area contributed by atoms with Gasteiger partial charge in [-0.2, -0.15) is 0 Å². The van der Waals surface area contributed by atoms with Crippen LogP contribution in [0.25, 0.3) is 10.9 Å². The zero-order valence-corrected chi connectivity index (χ0v) is 14.7. The summed E-state index contributed by atoms with van der Waals surface area (Å²) in [5.41, 5.74) is 2.58. The van der Waals surface area contributed by atoms with Crippen molar-refractivity contribution in [2.75, 3.05) is 20.1 Å². The van der Waals surface area contributed by atoms with Crippen LogP contribution in [0, 0.1) is 0 Å². The number of halogens is 1. The van der Waals surface area contributed by atoms with E-state index >= 15 is 0 Å². The van der Waals surface area contributed by atoms with E-state index in [9.17, 15) is 0 Å². The first-order chi connectivity index (χ1) is 9.85. The summed E-state index contributed by atoms with van der Waals surface area (Å²) in [4.78, 5) is 7.46. The van der Waals surface area contributed by atoms with Crippen LogP contribution in [-0.4, -0.2) is 31.1 Å². The summed E-state index contributed by atoms with van der Waals surface area (Å²) in [6.45, 7) is 5.30. The van der Waals surface area contributed by atoms with Crippen molar-refractivity contribution in [3.8, 4) is 0 Å². The lowest BCUT2D eigenvalue weighted by Gasteiger charge is -2.09. The number of aromatic nitrogens is 1. The number of aromatic amines is 1. The molecule has 0 spiro atoms. The molecule has 4 nitrogen and oxygen atoms in total. The summed E-state index contributed by atoms with van der Waals surface area (Å²) in [5.74, 6) is 0.823. The highest BCUT2D eigenvalue weighted by molar-refractivity contribution is 14.0. The normalized spacial score (nSPS) is 11.0. The number of guanidine groups is 1. The molecule has 2 aromatic rings. The van der Waals surface area contributed by atoms with E-state index < -0.39 is 0 Å². The summed E-state index contributed by atoms with van der Waals surface area (Å²) in [6, 6.07) is 8.41. The van der Waals surface area contributed by atoms with Gasteiger partial charge in [-0.1, -0.05) is 24.3 Å². The molecule has 3 N–H and O–H groups in total. The number of aliphatic imine (C=N–C) groups is 1. The van der Waals surface area contributed by atoms with Crippen molar-refractivity contribution in [2.24, 2.45) is 4.99 Å². The number of hydrogen-bond donors (Lipinski definition) is 3. The van der Waals surface area contributed by atoms with Gasteiger partial charge in [0, 0.05) is 37.2 Å². The molecule has 0 aliphatic heterocycles. The highest BCUT2D eigenvalue weighted by atomic mass is 127. The number of benzene rings is 1. The Morgan fingerprint density at radius 2 is 2.14 bits per heavy atom. The fourth-order valence-corrected chi connectivity index (χ4v) is 2.21. The molecule has 2 rings (SSSR count). The fourth-order valence-electron chi connectivity index (χ4n) is 2.21. The number of hydrogen-bond acceptors (Lipinski definition) is 1. The van der Waals surface area contributed by atoms with E-state index in [1.807, 2.05) is 6.08 Å². The van der Waals surface area contributed by atoms with Crippen molar-refractivity contribution in [1.82, 2.24) is 15.6 Å². The molecule has 5 heteroatoms. The molecular formula is C16H23IN4. The summed E-state index contributed by atoms with van der Waals surface area (Å²) in [5, 5.41) is 7.77. The predicted molar refractivity (Wildman–Crippen MR) is 102 cm³/mol. The van der Waals surface area contributed by atoms with Gasteiger partial charge in [0.1, 0.15) is 0 Å². The zero-order chi connectivity index (χ0) is 14.2. The Hall–Kier alpha value is -1.50. The van der Waals surface area contributed by atoms with Crippen LogP contribution in [0.2, 0.25) is 0 Å². The van der Waals surface area contributed by atoms with E-state index in [1.54, 1.807) is 7.05 Å². The number of aryl methyl sites for hydroxylation is 1. The van der Waals surface area contributed by atoms with Crippen molar-refractivity contribution in [3.05, 3.63) is 48.7 Å². The highest BCUT2D eigenvalue weighted by Gasteiger charge is 2.02. The third-order valence-corrected chi connectivity index (χ3v) is 3.23. The monoisotopic (exact) mass is 398 g/mol. The van der Waals surface area contributed by atoms with Gasteiger partial charge in [0.05, 0.1) is 0 Å². The molecule has 0 saturated carbocycles. The van der Waals surface area contributed by atoms with Crippen molar-refractivity contribution in [3.63, 3.8) is 0 Å². The standard InChI is InChI=1S/C16H22N4.HI/c1-3-10-18-16(17-2)19-11-6-7-13-12-20-15-9-5-4-8-14(13)15;/h3-5,8-9,12,20H,1,6-7,10-11H2,2H3,(H2,17,18,19);1H. The zero-order valence-electron chi connectivity index (χ0n) is 12.4. The average molecular weight is 398 g/mol. The summed E-state index contributed by atoms with van der Waals surface area (Å²) >= 11 is 0. The Bertz CT molecular complexity index is 589. The van der Waals surface area contributed by atoms with Crippen molar-refractivity contribution >= 4 is 40.8 Å². The first kappa shape index (κ1) is 17.6. The van der Waals surface area contributed by atoms with Crippen LogP contribution in [0.5, 0.6) is 0 Å². The van der Waals surface area contributed by atoms with Gasteiger partial charge in [-0.3, -0.25) is 4.99 Å². The minimum Gasteiger partial charge on any atom is -0.361 e. The largest absolute Gasteiger partial charge is 0.361 e. The van der Waals surface area contributed by atoms with E-state index in [0.717, 1.165) is 31.9 Å². The second-order valence-electron chi connectivity index (χ2n) is 4.63. The lowest BCUT2D eigenvalue weighted by Crippen LogP contribution is -2.37. The Morgan fingerprint density at radius 1 is 1.33 bits per heavy atom. The maximum Gasteiger partial charge on any atom is 0.191 e. The number of fused-ring (bicyclic) bond motifs is 1. The molecular weight excluding hydrogens is 375 g/mol. The molecule has 0 unspecified atom stereocenters. The van der Waals surface area contributed by atoms with Crippen molar-refractivity contribution < 1.29 is 0 Å². The Kier molecular flexibility index (Phi) is 7.89. The third-order valence-electron chi connectivity index (χ3n) is 3.23. The number of nitrogens with zero attached hydrogens (tertiary/aromatic N) is 1. The maximum absolute atomic E-state index is 4.15. The van der Waals surface area contributed by atoms with Crippen LogP contribution in [0.4, 0.5) is 0 Å². The SMILES string of the molecule is C=CCNC(=NC)NCCCc1c[nH]c2ccccc12.I. The molecule has 1 heterocycles. The second kappa shape index (κ2) is 9.44. The molecule has 21 heavy (non-hydrogen) atoms. The van der Waals surface area contributed by atoms with Crippen LogP contribution in [0.1, 0.15) is 12.0 Å². The van der Waals surface area contributed by atoms with Crippen LogP contribution in [-0.2, 0) is 6.42 Å². The van der Waals surface area contributed by atoms with E-state index in [0.29, 0.717) is 0 Å². The van der Waals surface area contributed by atoms with Gasteiger partial charge in [0.15, 0.2) is 5.96 Å². The van der Waals surface area contributed by atoms with Gasteiger partial charge in [0.2, 0.25) is 0 Å². The Balaban J connectivity index is 0.00000220. The van der Waals surface area contributed by atoms with Crippen molar-refractivity contribution in [2.45, 2.75) is 12.8 Å². The summed E-state index contributed by atoms with van der Waals surface area (Å²) < 4.78 is 0. The fraction of sp³-hybridized carbons (Fsp3) is 0.312. The smallest absolute Gasteiger partial charge is 0.191 e. The first-order valence-electron chi connectivity index (χ1n) is 6.95. The summed E-state index contributed by atoms with van der Waals surface area (Å²) in [6.07, 6.45) is 6.04. The molecule has 0 atom stereocenters. The summed E-state index contributed by atoms with van der Waals surface area (Å²) in [7, 11) is 1.78. The number of H-pyrrole nitrogens is 1. The van der Waals surface area contributed by atoms with Gasteiger partial charge < -0.3 is 15.6 Å². The molecule has 1 aromatic heterocycles. The van der Waals surface area contributed by atoms with Crippen LogP contribution >= 0.6 is 24.0 Å². The topological polar surface area (TPSA) is 52.2 Å². The molecule has 0 aliphatic rings. The Labute approximate surface area is 143 Å². The number of para-hydroxylation sites is 1. The van der Waals surface area contributed by atoms with Crippen molar-refractivity contribution in [1.29, 1.82) is 0 Å². The molecule has 1 aromatic carbocycles. The van der Waals surface area contributed by atoms with Crippen LogP contribution < -0.4 is 10.6 Å². The first-order valence-corrected chi connectivity index (χ1v) is 6.95. The molecule has 0 amide bonds. The highest BCUT2D eigenvalue weighted by Crippen LogP contribution is 2.18. The third kappa shape index (κ3) is 5.08. The van der Waals surface area contributed by atoms with Crippen LogP contribution in [0.3, 0.4) is 0 Å². The van der Waals surface area contributed by atoms with E-state index in [1.165, 1.54) is 16.5 Å². The van der Waals surface area contributed by atoms with E-state index in [-0.39, 0.29) is 24.0 Å². The van der Waals surface area contributed by atoms with E-state index in [4.69, 9.17) is 0 Å². The number of nitrogens with one attached hydrogen (secondary N) is 3. The van der Waals surface area contributed by atoms with Gasteiger partial charge >= 0.3 is 0 Å². The lowest BCUT2D eigenvalue weighted by atomic mass is 10.1. The van der Waals surface area contributed by atoms with E-state index in [2.05, 4.69) is 57.7 Å².